The summed E-state index contributed by atoms with van der Waals surface area (Å²) in [7, 11) is 0. The van der Waals surface area contributed by atoms with Gasteiger partial charge in [-0.25, -0.2) is 19.9 Å². The van der Waals surface area contributed by atoms with Gasteiger partial charge in [-0.05, 0) is 48.9 Å². The molecule has 1 aromatic carbocycles. The Hall–Kier alpha value is -4.53. The number of carbonyl (C=O) groups excluding carboxylic acids is 1. The minimum Gasteiger partial charge on any atom is -0.456 e. The maximum absolute atomic E-state index is 12.1. The molecule has 0 saturated carbocycles. The molecule has 3 aromatic heterocycles. The quantitative estimate of drug-likeness (QED) is 0.428. The topological polar surface area (TPSA) is 96.4 Å². The van der Waals surface area contributed by atoms with E-state index in [9.17, 15) is 4.79 Å². The lowest BCUT2D eigenvalue weighted by molar-refractivity contribution is -0.144. The lowest BCUT2D eigenvalue weighted by Gasteiger charge is -2.62. The minimum atomic E-state index is -0.0936. The van der Waals surface area contributed by atoms with E-state index < -0.39 is 0 Å². The number of hydrogen-bond donors (Lipinski definition) is 1. The highest BCUT2D eigenvalue weighted by atomic mass is 16.5. The largest absolute Gasteiger partial charge is 0.456 e. The molecule has 0 radical (unpaired) electrons. The molecule has 2 fully saturated rings. The third-order valence-corrected chi connectivity index (χ3v) is 6.54. The van der Waals surface area contributed by atoms with Crippen LogP contribution in [-0.2, 0) is 4.79 Å². The van der Waals surface area contributed by atoms with Crippen molar-refractivity contribution in [2.24, 2.45) is 0 Å². The van der Waals surface area contributed by atoms with Crippen LogP contribution in [-0.4, -0.2) is 55.9 Å². The first-order chi connectivity index (χ1) is 17.1. The number of rotatable bonds is 6. The summed E-state index contributed by atoms with van der Waals surface area (Å²) in [5.41, 5.74) is 1.30. The van der Waals surface area contributed by atoms with Crippen LogP contribution in [0, 0.1) is 0 Å². The number of para-hydroxylation sites is 1. The van der Waals surface area contributed by atoms with Crippen LogP contribution >= 0.6 is 0 Å². The lowest BCUT2D eigenvalue weighted by Crippen LogP contribution is -2.78. The molecule has 1 amide bonds. The maximum Gasteiger partial charge on any atom is 0.246 e. The van der Waals surface area contributed by atoms with Crippen molar-refractivity contribution in [3.05, 3.63) is 79.8 Å². The van der Waals surface area contributed by atoms with Gasteiger partial charge in [0.05, 0.1) is 17.3 Å². The number of likely N-dealkylation sites (tertiary alicyclic amines) is 1. The van der Waals surface area contributed by atoms with Crippen molar-refractivity contribution >= 4 is 34.4 Å². The SMILES string of the molecule is C=CC(=O)N1CCC12CN(c1ccc3ncnc(Nc4ccc(Oc5ccccc5)cn4)c3n1)C2. The van der Waals surface area contributed by atoms with Crippen molar-refractivity contribution in [1.82, 2.24) is 24.8 Å². The van der Waals surface area contributed by atoms with E-state index in [1.54, 1.807) is 6.20 Å². The molecule has 35 heavy (non-hydrogen) atoms. The number of aromatic nitrogens is 4. The standard InChI is InChI=1S/C26H23N7O2/c1-2-23(34)33-13-12-26(33)15-32(16-26)22-11-9-20-24(31-22)25(29-17-28-20)30-21-10-8-19(14-27-21)35-18-6-4-3-5-7-18/h2-11,14,17H,1,12-13,15-16H2,(H,27,28,29,30). The van der Waals surface area contributed by atoms with Gasteiger partial charge >= 0.3 is 0 Å². The third kappa shape index (κ3) is 3.80. The van der Waals surface area contributed by atoms with Crippen LogP contribution in [0.25, 0.3) is 11.0 Å². The molecule has 1 N–H and O–H groups in total. The van der Waals surface area contributed by atoms with Gasteiger partial charge in [0, 0.05) is 19.6 Å². The fraction of sp³-hybridized carbons (Fsp3) is 0.192. The number of benzene rings is 1. The summed E-state index contributed by atoms with van der Waals surface area (Å²) in [5, 5.41) is 3.25. The van der Waals surface area contributed by atoms with Gasteiger partial charge in [0.1, 0.15) is 35.0 Å². The summed E-state index contributed by atoms with van der Waals surface area (Å²) < 4.78 is 5.81. The van der Waals surface area contributed by atoms with E-state index in [0.717, 1.165) is 43.1 Å². The lowest BCUT2D eigenvalue weighted by atomic mass is 9.77. The van der Waals surface area contributed by atoms with Gasteiger partial charge in [-0.1, -0.05) is 24.8 Å². The number of ether oxygens (including phenoxy) is 1. The molecular formula is C26H23N7O2. The van der Waals surface area contributed by atoms with E-state index in [1.165, 1.54) is 12.4 Å². The van der Waals surface area contributed by atoms with Gasteiger partial charge in [-0.2, -0.15) is 0 Å². The summed E-state index contributed by atoms with van der Waals surface area (Å²) in [6.45, 7) is 5.91. The molecule has 0 aliphatic carbocycles. The number of anilines is 3. The van der Waals surface area contributed by atoms with Crippen LogP contribution in [0.1, 0.15) is 6.42 Å². The van der Waals surface area contributed by atoms with E-state index in [0.29, 0.717) is 22.9 Å². The van der Waals surface area contributed by atoms with Gasteiger partial charge < -0.3 is 19.9 Å². The Morgan fingerprint density at radius 2 is 1.89 bits per heavy atom. The second-order valence-electron chi connectivity index (χ2n) is 8.70. The number of fused-ring (bicyclic) bond motifs is 1. The average Bonchev–Trinajstić information content (AvgIpc) is 2.85. The van der Waals surface area contributed by atoms with Crippen molar-refractivity contribution in [3.8, 4) is 11.5 Å². The highest BCUT2D eigenvalue weighted by Gasteiger charge is 2.55. The molecule has 9 heteroatoms. The van der Waals surface area contributed by atoms with Crippen molar-refractivity contribution in [3.63, 3.8) is 0 Å². The number of carbonyl (C=O) groups is 1. The third-order valence-electron chi connectivity index (χ3n) is 6.54. The zero-order valence-corrected chi connectivity index (χ0v) is 19.0. The molecule has 1 spiro atoms. The Morgan fingerprint density at radius 1 is 1.03 bits per heavy atom. The normalized spacial score (nSPS) is 15.9. The predicted molar refractivity (Wildman–Crippen MR) is 133 cm³/mol. The van der Waals surface area contributed by atoms with Gasteiger partial charge in [0.25, 0.3) is 0 Å². The molecule has 2 aliphatic heterocycles. The van der Waals surface area contributed by atoms with E-state index in [-0.39, 0.29) is 11.4 Å². The van der Waals surface area contributed by atoms with E-state index in [4.69, 9.17) is 9.72 Å². The van der Waals surface area contributed by atoms with Crippen molar-refractivity contribution in [1.29, 1.82) is 0 Å². The summed E-state index contributed by atoms with van der Waals surface area (Å²) >= 11 is 0. The molecule has 9 nitrogen and oxygen atoms in total. The van der Waals surface area contributed by atoms with Crippen LogP contribution in [0.5, 0.6) is 11.5 Å². The Bertz CT molecular complexity index is 1400. The molecule has 4 aromatic rings. The molecule has 174 valence electrons. The Kier molecular flexibility index (Phi) is 5.02. The number of hydrogen-bond acceptors (Lipinski definition) is 8. The molecule has 5 heterocycles. The first kappa shape index (κ1) is 21.0. The smallest absolute Gasteiger partial charge is 0.246 e. The minimum absolute atomic E-state index is 0.00468. The van der Waals surface area contributed by atoms with Crippen molar-refractivity contribution in [2.75, 3.05) is 29.9 Å². The molecule has 0 atom stereocenters. The van der Waals surface area contributed by atoms with Gasteiger partial charge in [-0.15, -0.1) is 0 Å². The fourth-order valence-corrected chi connectivity index (χ4v) is 4.61. The van der Waals surface area contributed by atoms with Crippen LogP contribution in [0.4, 0.5) is 17.5 Å². The second-order valence-corrected chi connectivity index (χ2v) is 8.70. The summed E-state index contributed by atoms with van der Waals surface area (Å²) in [4.78, 5) is 34.2. The zero-order chi connectivity index (χ0) is 23.8. The molecule has 0 unspecified atom stereocenters. The fourth-order valence-electron chi connectivity index (χ4n) is 4.61. The van der Waals surface area contributed by atoms with Gasteiger partial charge in [0.2, 0.25) is 5.91 Å². The first-order valence-electron chi connectivity index (χ1n) is 11.4. The zero-order valence-electron chi connectivity index (χ0n) is 19.0. The monoisotopic (exact) mass is 465 g/mol. The van der Waals surface area contributed by atoms with Gasteiger partial charge in [0.15, 0.2) is 5.82 Å². The van der Waals surface area contributed by atoms with Crippen LogP contribution < -0.4 is 15.0 Å². The summed E-state index contributed by atoms with van der Waals surface area (Å²) in [6.07, 6.45) is 5.56. The first-order valence-corrected chi connectivity index (χ1v) is 11.4. The predicted octanol–water partition coefficient (Wildman–Crippen LogP) is 3.93. The van der Waals surface area contributed by atoms with Crippen molar-refractivity contribution in [2.45, 2.75) is 12.0 Å². The summed E-state index contributed by atoms with van der Waals surface area (Å²) in [5.74, 6) is 3.41. The van der Waals surface area contributed by atoms with E-state index >= 15 is 0 Å². The average molecular weight is 466 g/mol. The number of amides is 1. The van der Waals surface area contributed by atoms with Gasteiger partial charge in [-0.3, -0.25) is 4.79 Å². The van der Waals surface area contributed by atoms with E-state index in [1.807, 2.05) is 59.5 Å². The second kappa shape index (κ2) is 8.35. The Labute approximate surface area is 202 Å². The Balaban J connectivity index is 1.19. The number of nitrogens with zero attached hydrogens (tertiary/aromatic N) is 6. The Morgan fingerprint density at radius 3 is 2.60 bits per heavy atom. The molecule has 2 saturated heterocycles. The number of pyridine rings is 2. The van der Waals surface area contributed by atoms with Crippen LogP contribution in [0.3, 0.4) is 0 Å². The van der Waals surface area contributed by atoms with Crippen LogP contribution in [0.15, 0.2) is 79.8 Å². The highest BCUT2D eigenvalue weighted by molar-refractivity contribution is 5.89. The number of nitrogens with one attached hydrogen (secondary N) is 1. The summed E-state index contributed by atoms with van der Waals surface area (Å²) in [6, 6.07) is 17.1. The molecule has 6 rings (SSSR count). The van der Waals surface area contributed by atoms with E-state index in [2.05, 4.69) is 31.7 Å². The van der Waals surface area contributed by atoms with Crippen LogP contribution in [0.2, 0.25) is 0 Å². The molecule has 2 aliphatic rings. The highest BCUT2D eigenvalue weighted by Crippen LogP contribution is 2.41. The van der Waals surface area contributed by atoms with Crippen molar-refractivity contribution < 1.29 is 9.53 Å². The maximum atomic E-state index is 12.1. The molecule has 0 bridgehead atoms. The molecular weight excluding hydrogens is 442 g/mol.